The van der Waals surface area contributed by atoms with Gasteiger partial charge in [0.25, 0.3) is 5.56 Å². The second-order valence-corrected chi connectivity index (χ2v) is 8.46. The van der Waals surface area contributed by atoms with Crippen molar-refractivity contribution < 1.29 is 4.79 Å². The molecule has 1 amide bonds. The Labute approximate surface area is 158 Å². The molecule has 4 rings (SSSR count). The highest BCUT2D eigenvalue weighted by atomic mass is 32.2. The van der Waals surface area contributed by atoms with Crippen LogP contribution >= 0.6 is 23.1 Å². The molecule has 0 radical (unpaired) electrons. The molecule has 0 saturated heterocycles. The Balaban J connectivity index is 1.24. The molecule has 6 nitrogen and oxygen atoms in total. The smallest absolute Gasteiger partial charge is 0.253 e. The molecule has 3 aromatic rings. The Hall–Kier alpha value is -2.19. The maximum Gasteiger partial charge on any atom is 0.253 e. The standard InChI is InChI=1S/C18H18N4O2S2/c23-16(10-25-18-21-13-3-1-2-4-15(13)26-18)19-7-8-22-11-20-14(9-17(22)24)12-5-6-12/h1-4,9,11-12H,5-8,10H2,(H,19,23). The van der Waals surface area contributed by atoms with Crippen LogP contribution in [0, 0.1) is 0 Å². The zero-order valence-electron chi connectivity index (χ0n) is 14.1. The summed E-state index contributed by atoms with van der Waals surface area (Å²) in [5.74, 6) is 0.717. The maximum atomic E-state index is 12.0. The Morgan fingerprint density at radius 3 is 2.96 bits per heavy atom. The molecule has 1 N–H and O–H groups in total. The Kier molecular flexibility index (Phi) is 5.03. The highest BCUT2D eigenvalue weighted by Gasteiger charge is 2.25. The Bertz CT molecular complexity index is 961. The van der Waals surface area contributed by atoms with E-state index >= 15 is 0 Å². The van der Waals surface area contributed by atoms with Crippen molar-refractivity contribution in [1.29, 1.82) is 0 Å². The van der Waals surface area contributed by atoms with E-state index < -0.39 is 0 Å². The van der Waals surface area contributed by atoms with Crippen molar-refractivity contribution in [3.05, 3.63) is 52.7 Å². The van der Waals surface area contributed by atoms with Crippen molar-refractivity contribution in [2.75, 3.05) is 12.3 Å². The third-order valence-corrected chi connectivity index (χ3v) is 6.35. The lowest BCUT2D eigenvalue weighted by atomic mass is 10.3. The number of thioether (sulfide) groups is 1. The van der Waals surface area contributed by atoms with E-state index in [0.717, 1.165) is 33.1 Å². The number of fused-ring (bicyclic) bond motifs is 1. The van der Waals surface area contributed by atoms with Gasteiger partial charge in [-0.1, -0.05) is 23.9 Å². The van der Waals surface area contributed by atoms with Gasteiger partial charge in [0.05, 0.1) is 28.0 Å². The largest absolute Gasteiger partial charge is 0.354 e. The molecule has 134 valence electrons. The summed E-state index contributed by atoms with van der Waals surface area (Å²) in [6.07, 6.45) is 3.83. The number of hydrogen-bond acceptors (Lipinski definition) is 6. The second kappa shape index (κ2) is 7.59. The topological polar surface area (TPSA) is 76.9 Å². The summed E-state index contributed by atoms with van der Waals surface area (Å²) in [5.41, 5.74) is 1.80. The number of hydrogen-bond donors (Lipinski definition) is 1. The third-order valence-electron chi connectivity index (χ3n) is 4.17. The molecule has 1 saturated carbocycles. The number of rotatable bonds is 7. The van der Waals surface area contributed by atoms with Crippen LogP contribution in [0.15, 0.2) is 45.8 Å². The summed E-state index contributed by atoms with van der Waals surface area (Å²) < 4.78 is 3.54. The number of para-hydroxylation sites is 1. The van der Waals surface area contributed by atoms with Gasteiger partial charge in [-0.3, -0.25) is 14.2 Å². The van der Waals surface area contributed by atoms with Crippen LogP contribution in [0.3, 0.4) is 0 Å². The number of nitrogens with one attached hydrogen (secondary N) is 1. The highest BCUT2D eigenvalue weighted by molar-refractivity contribution is 8.01. The predicted molar refractivity (Wildman–Crippen MR) is 104 cm³/mol. The SMILES string of the molecule is O=C(CSc1nc2ccccc2s1)NCCn1cnc(C2CC2)cc1=O. The maximum absolute atomic E-state index is 12.0. The number of amides is 1. The van der Waals surface area contributed by atoms with Crippen molar-refractivity contribution in [3.8, 4) is 0 Å². The van der Waals surface area contributed by atoms with Crippen LogP contribution < -0.4 is 10.9 Å². The Morgan fingerprint density at radius 1 is 1.35 bits per heavy atom. The quantitative estimate of drug-likeness (QED) is 0.632. The normalized spacial score (nSPS) is 13.8. The molecule has 1 aliphatic carbocycles. The molecule has 8 heteroatoms. The van der Waals surface area contributed by atoms with E-state index in [9.17, 15) is 9.59 Å². The molecular formula is C18H18N4O2S2. The predicted octanol–water partition coefficient (Wildman–Crippen LogP) is 2.64. The summed E-state index contributed by atoms with van der Waals surface area (Å²) in [5, 5.41) is 2.84. The number of carbonyl (C=O) groups is 1. The first-order valence-corrected chi connectivity index (χ1v) is 10.3. The molecule has 0 bridgehead atoms. The van der Waals surface area contributed by atoms with Gasteiger partial charge in [-0.15, -0.1) is 11.3 Å². The summed E-state index contributed by atoms with van der Waals surface area (Å²) in [6.45, 7) is 0.831. The first-order valence-electron chi connectivity index (χ1n) is 8.50. The van der Waals surface area contributed by atoms with Gasteiger partial charge < -0.3 is 5.32 Å². The number of thiazole rings is 1. The van der Waals surface area contributed by atoms with Gasteiger partial charge in [0.2, 0.25) is 5.91 Å². The Morgan fingerprint density at radius 2 is 2.19 bits per heavy atom. The monoisotopic (exact) mass is 386 g/mol. The van der Waals surface area contributed by atoms with Gasteiger partial charge in [0.15, 0.2) is 4.34 Å². The van der Waals surface area contributed by atoms with Crippen molar-refractivity contribution in [2.24, 2.45) is 0 Å². The fourth-order valence-corrected chi connectivity index (χ4v) is 4.52. The van der Waals surface area contributed by atoms with E-state index in [1.807, 2.05) is 24.3 Å². The second-order valence-electron chi connectivity index (χ2n) is 6.21. The summed E-state index contributed by atoms with van der Waals surface area (Å²) in [7, 11) is 0. The summed E-state index contributed by atoms with van der Waals surface area (Å²) >= 11 is 3.02. The number of benzene rings is 1. The van der Waals surface area contributed by atoms with E-state index in [1.165, 1.54) is 16.3 Å². The highest BCUT2D eigenvalue weighted by Crippen LogP contribution is 2.38. The minimum atomic E-state index is -0.0649. The molecule has 0 aliphatic heterocycles. The molecule has 1 fully saturated rings. The fraction of sp³-hybridized carbons (Fsp3) is 0.333. The summed E-state index contributed by atoms with van der Waals surface area (Å²) in [6, 6.07) is 9.54. The van der Waals surface area contributed by atoms with Crippen LogP contribution in [0.2, 0.25) is 0 Å². The van der Waals surface area contributed by atoms with Crippen LogP contribution in [0.1, 0.15) is 24.5 Å². The summed E-state index contributed by atoms with van der Waals surface area (Å²) in [4.78, 5) is 32.9. The van der Waals surface area contributed by atoms with Crippen LogP contribution in [-0.4, -0.2) is 32.7 Å². The lowest BCUT2D eigenvalue weighted by Crippen LogP contribution is -2.31. The molecule has 26 heavy (non-hydrogen) atoms. The molecule has 1 aromatic carbocycles. The van der Waals surface area contributed by atoms with Gasteiger partial charge in [0, 0.05) is 25.1 Å². The van der Waals surface area contributed by atoms with Gasteiger partial charge in [-0.05, 0) is 25.0 Å². The molecule has 0 unspecified atom stereocenters. The van der Waals surface area contributed by atoms with E-state index in [0.29, 0.717) is 24.8 Å². The zero-order valence-corrected chi connectivity index (χ0v) is 15.7. The van der Waals surface area contributed by atoms with E-state index in [2.05, 4.69) is 15.3 Å². The van der Waals surface area contributed by atoms with Crippen LogP contribution in [0.5, 0.6) is 0 Å². The van der Waals surface area contributed by atoms with Crippen LogP contribution in [0.4, 0.5) is 0 Å². The molecule has 1 aliphatic rings. The lowest BCUT2D eigenvalue weighted by Gasteiger charge is -2.07. The number of nitrogens with zero attached hydrogens (tertiary/aromatic N) is 3. The minimum absolute atomic E-state index is 0.0556. The molecule has 0 atom stereocenters. The first kappa shape index (κ1) is 17.2. The molecule has 2 heterocycles. The number of carbonyl (C=O) groups excluding carboxylic acids is 1. The third kappa shape index (κ3) is 4.13. The first-order chi connectivity index (χ1) is 12.7. The van der Waals surface area contributed by atoms with Gasteiger partial charge in [-0.2, -0.15) is 0 Å². The van der Waals surface area contributed by atoms with Crippen molar-refractivity contribution in [1.82, 2.24) is 19.9 Å². The zero-order chi connectivity index (χ0) is 17.9. The van der Waals surface area contributed by atoms with Crippen molar-refractivity contribution in [2.45, 2.75) is 29.6 Å². The molecular weight excluding hydrogens is 368 g/mol. The molecule has 0 spiro atoms. The lowest BCUT2D eigenvalue weighted by molar-refractivity contribution is -0.118. The van der Waals surface area contributed by atoms with E-state index in [-0.39, 0.29) is 11.5 Å². The van der Waals surface area contributed by atoms with Gasteiger partial charge in [-0.25, -0.2) is 9.97 Å². The average molecular weight is 387 g/mol. The average Bonchev–Trinajstić information content (AvgIpc) is 3.40. The van der Waals surface area contributed by atoms with Crippen LogP contribution in [-0.2, 0) is 11.3 Å². The fourth-order valence-electron chi connectivity index (χ4n) is 2.62. The van der Waals surface area contributed by atoms with Crippen molar-refractivity contribution >= 4 is 39.2 Å². The van der Waals surface area contributed by atoms with E-state index in [1.54, 1.807) is 23.7 Å². The van der Waals surface area contributed by atoms with Gasteiger partial charge in [0.1, 0.15) is 0 Å². The van der Waals surface area contributed by atoms with E-state index in [4.69, 9.17) is 0 Å². The van der Waals surface area contributed by atoms with Crippen molar-refractivity contribution in [3.63, 3.8) is 0 Å². The van der Waals surface area contributed by atoms with Crippen LogP contribution in [0.25, 0.3) is 10.2 Å². The van der Waals surface area contributed by atoms with Gasteiger partial charge >= 0.3 is 0 Å². The minimum Gasteiger partial charge on any atom is -0.354 e. The molecule has 2 aromatic heterocycles. The number of aromatic nitrogens is 3.